The number of aryl methyl sites for hydroxylation is 1. The standard InChI is InChI=1S/C20H19N3O2/c1-14-7-9-15(10-8-14)12-23-13-17(11-18(23)24)19-21-20(25-22-19)16-5-3-2-4-6-16/h2-10,17H,11-13H2,1H3. The van der Waals surface area contributed by atoms with Gasteiger partial charge in [-0.2, -0.15) is 4.98 Å². The van der Waals surface area contributed by atoms with Gasteiger partial charge in [0.05, 0.1) is 0 Å². The molecule has 2 heterocycles. The highest BCUT2D eigenvalue weighted by Crippen LogP contribution is 2.29. The van der Waals surface area contributed by atoms with E-state index in [0.29, 0.717) is 31.2 Å². The number of likely N-dealkylation sites (tertiary alicyclic amines) is 1. The quantitative estimate of drug-likeness (QED) is 0.732. The largest absolute Gasteiger partial charge is 0.338 e. The molecule has 0 bridgehead atoms. The Hall–Kier alpha value is -2.95. The molecule has 1 fully saturated rings. The van der Waals surface area contributed by atoms with Crippen LogP contribution in [0.5, 0.6) is 0 Å². The van der Waals surface area contributed by atoms with E-state index < -0.39 is 0 Å². The highest BCUT2D eigenvalue weighted by atomic mass is 16.5. The fraction of sp³-hybridized carbons (Fsp3) is 0.250. The summed E-state index contributed by atoms with van der Waals surface area (Å²) in [5.41, 5.74) is 3.24. The van der Waals surface area contributed by atoms with Crippen LogP contribution < -0.4 is 0 Å². The van der Waals surface area contributed by atoms with Crippen LogP contribution in [0, 0.1) is 6.92 Å². The average molecular weight is 333 g/mol. The third-order valence-electron chi connectivity index (χ3n) is 4.54. The van der Waals surface area contributed by atoms with Gasteiger partial charge < -0.3 is 9.42 Å². The van der Waals surface area contributed by atoms with Crippen LogP contribution in [0.2, 0.25) is 0 Å². The van der Waals surface area contributed by atoms with Gasteiger partial charge in [0.25, 0.3) is 5.89 Å². The predicted octanol–water partition coefficient (Wildman–Crippen LogP) is 3.56. The summed E-state index contributed by atoms with van der Waals surface area (Å²) >= 11 is 0. The molecule has 1 aliphatic heterocycles. The van der Waals surface area contributed by atoms with E-state index in [0.717, 1.165) is 11.1 Å². The second kappa shape index (κ2) is 6.51. The Morgan fingerprint density at radius 2 is 1.88 bits per heavy atom. The number of nitrogens with zero attached hydrogens (tertiary/aromatic N) is 3. The minimum atomic E-state index is -0.0147. The predicted molar refractivity (Wildman–Crippen MR) is 93.7 cm³/mol. The molecule has 5 heteroatoms. The fourth-order valence-electron chi connectivity index (χ4n) is 3.11. The summed E-state index contributed by atoms with van der Waals surface area (Å²) in [7, 11) is 0. The summed E-state index contributed by atoms with van der Waals surface area (Å²) in [6, 6.07) is 17.9. The second-order valence-electron chi connectivity index (χ2n) is 6.48. The first-order valence-corrected chi connectivity index (χ1v) is 8.41. The van der Waals surface area contributed by atoms with Gasteiger partial charge in [-0.1, -0.05) is 53.2 Å². The molecule has 1 atom stereocenters. The van der Waals surface area contributed by atoms with Crippen LogP contribution >= 0.6 is 0 Å². The fourth-order valence-corrected chi connectivity index (χ4v) is 3.11. The van der Waals surface area contributed by atoms with Crippen molar-refractivity contribution < 1.29 is 9.32 Å². The molecule has 1 amide bonds. The molecule has 1 saturated heterocycles. The van der Waals surface area contributed by atoms with E-state index in [1.165, 1.54) is 5.56 Å². The van der Waals surface area contributed by atoms with Crippen LogP contribution in [0.3, 0.4) is 0 Å². The van der Waals surface area contributed by atoms with Crippen LogP contribution in [0.4, 0.5) is 0 Å². The van der Waals surface area contributed by atoms with E-state index in [4.69, 9.17) is 4.52 Å². The molecule has 0 spiro atoms. The van der Waals surface area contributed by atoms with Crippen molar-refractivity contribution in [2.24, 2.45) is 0 Å². The van der Waals surface area contributed by atoms with Crippen molar-refractivity contribution in [2.75, 3.05) is 6.54 Å². The lowest BCUT2D eigenvalue weighted by molar-refractivity contribution is -0.128. The Kier molecular flexibility index (Phi) is 4.06. The van der Waals surface area contributed by atoms with Gasteiger partial charge in [-0.3, -0.25) is 4.79 Å². The van der Waals surface area contributed by atoms with Gasteiger partial charge in [-0.05, 0) is 24.6 Å². The Labute approximate surface area is 146 Å². The number of rotatable bonds is 4. The number of carbonyl (C=O) groups is 1. The van der Waals surface area contributed by atoms with Gasteiger partial charge in [0, 0.05) is 31.0 Å². The molecule has 2 aromatic carbocycles. The molecule has 0 N–H and O–H groups in total. The van der Waals surface area contributed by atoms with E-state index >= 15 is 0 Å². The highest BCUT2D eigenvalue weighted by Gasteiger charge is 2.33. The normalized spacial score (nSPS) is 17.2. The van der Waals surface area contributed by atoms with Crippen molar-refractivity contribution >= 4 is 5.91 Å². The summed E-state index contributed by atoms with van der Waals surface area (Å²) < 4.78 is 5.37. The van der Waals surface area contributed by atoms with Crippen molar-refractivity contribution in [1.29, 1.82) is 0 Å². The lowest BCUT2D eigenvalue weighted by Crippen LogP contribution is -2.24. The zero-order valence-corrected chi connectivity index (χ0v) is 14.1. The Morgan fingerprint density at radius 1 is 1.12 bits per heavy atom. The Balaban J connectivity index is 1.47. The summed E-state index contributed by atoms with van der Waals surface area (Å²) in [5, 5.41) is 4.10. The number of aromatic nitrogens is 2. The highest BCUT2D eigenvalue weighted by molar-refractivity contribution is 5.79. The molecule has 25 heavy (non-hydrogen) atoms. The number of hydrogen-bond donors (Lipinski definition) is 0. The molecular formula is C20H19N3O2. The van der Waals surface area contributed by atoms with Crippen molar-refractivity contribution in [3.8, 4) is 11.5 Å². The first-order valence-electron chi connectivity index (χ1n) is 8.41. The Morgan fingerprint density at radius 3 is 2.64 bits per heavy atom. The minimum absolute atomic E-state index is 0.0147. The molecule has 0 radical (unpaired) electrons. The average Bonchev–Trinajstić information content (AvgIpc) is 3.25. The summed E-state index contributed by atoms with van der Waals surface area (Å²) in [5.74, 6) is 1.23. The number of carbonyl (C=O) groups excluding carboxylic acids is 1. The molecule has 126 valence electrons. The maximum Gasteiger partial charge on any atom is 0.257 e. The first-order chi connectivity index (χ1) is 12.2. The molecule has 1 aliphatic rings. The van der Waals surface area contributed by atoms with E-state index in [-0.39, 0.29) is 11.8 Å². The van der Waals surface area contributed by atoms with E-state index in [1.807, 2.05) is 35.2 Å². The van der Waals surface area contributed by atoms with Crippen LogP contribution in [-0.2, 0) is 11.3 Å². The summed E-state index contributed by atoms with van der Waals surface area (Å²) in [6.45, 7) is 3.31. The first kappa shape index (κ1) is 15.6. The van der Waals surface area contributed by atoms with Crippen LogP contribution in [0.25, 0.3) is 11.5 Å². The zero-order valence-electron chi connectivity index (χ0n) is 14.1. The molecule has 0 saturated carbocycles. The topological polar surface area (TPSA) is 59.2 Å². The Bertz CT molecular complexity index is 871. The molecule has 1 aromatic heterocycles. The molecule has 3 aromatic rings. The van der Waals surface area contributed by atoms with Gasteiger partial charge in [0.2, 0.25) is 5.91 Å². The maximum atomic E-state index is 12.3. The van der Waals surface area contributed by atoms with Gasteiger partial charge in [-0.15, -0.1) is 0 Å². The van der Waals surface area contributed by atoms with E-state index in [1.54, 1.807) is 0 Å². The number of hydrogen-bond acceptors (Lipinski definition) is 4. The minimum Gasteiger partial charge on any atom is -0.338 e. The van der Waals surface area contributed by atoms with E-state index in [2.05, 4.69) is 41.3 Å². The van der Waals surface area contributed by atoms with Gasteiger partial charge in [0.15, 0.2) is 5.82 Å². The van der Waals surface area contributed by atoms with Crippen molar-refractivity contribution in [1.82, 2.24) is 15.0 Å². The van der Waals surface area contributed by atoms with Crippen LogP contribution in [0.1, 0.15) is 29.3 Å². The van der Waals surface area contributed by atoms with Crippen molar-refractivity contribution in [3.63, 3.8) is 0 Å². The van der Waals surface area contributed by atoms with Crippen molar-refractivity contribution in [2.45, 2.75) is 25.8 Å². The number of amides is 1. The lowest BCUT2D eigenvalue weighted by atomic mass is 10.1. The van der Waals surface area contributed by atoms with Crippen molar-refractivity contribution in [3.05, 3.63) is 71.5 Å². The van der Waals surface area contributed by atoms with Crippen LogP contribution in [0.15, 0.2) is 59.1 Å². The zero-order chi connectivity index (χ0) is 17.2. The molecule has 5 nitrogen and oxygen atoms in total. The van der Waals surface area contributed by atoms with Gasteiger partial charge in [-0.25, -0.2) is 0 Å². The smallest absolute Gasteiger partial charge is 0.257 e. The monoisotopic (exact) mass is 333 g/mol. The van der Waals surface area contributed by atoms with Gasteiger partial charge >= 0.3 is 0 Å². The van der Waals surface area contributed by atoms with Gasteiger partial charge in [0.1, 0.15) is 0 Å². The summed E-state index contributed by atoms with van der Waals surface area (Å²) in [4.78, 5) is 18.7. The lowest BCUT2D eigenvalue weighted by Gasteiger charge is -2.16. The molecule has 1 unspecified atom stereocenters. The summed E-state index contributed by atoms with van der Waals surface area (Å²) in [6.07, 6.45) is 0.430. The SMILES string of the molecule is Cc1ccc(CN2CC(c3noc(-c4ccccc4)n3)CC2=O)cc1. The third-order valence-corrected chi connectivity index (χ3v) is 4.54. The van der Waals surface area contributed by atoms with Crippen LogP contribution in [-0.4, -0.2) is 27.5 Å². The number of benzene rings is 2. The molecule has 4 rings (SSSR count). The third kappa shape index (κ3) is 3.31. The second-order valence-corrected chi connectivity index (χ2v) is 6.48. The maximum absolute atomic E-state index is 12.3. The molecular weight excluding hydrogens is 314 g/mol. The van der Waals surface area contributed by atoms with E-state index in [9.17, 15) is 4.79 Å². The molecule has 0 aliphatic carbocycles.